The summed E-state index contributed by atoms with van der Waals surface area (Å²) in [5, 5.41) is 17.4. The number of hydrogen-bond donors (Lipinski definition) is 3. The smallest absolute Gasteiger partial charge is 0.339 e. The van der Waals surface area contributed by atoms with Gasteiger partial charge in [0.2, 0.25) is 17.7 Å². The molecule has 0 aromatic heterocycles. The Bertz CT molecular complexity index is 1300. The molecule has 6 atom stereocenters. The van der Waals surface area contributed by atoms with E-state index in [-0.39, 0.29) is 36.1 Å². The molecule has 1 aromatic carbocycles. The Hall–Kier alpha value is -3.33. The molecule has 2 aliphatic heterocycles. The molecule has 2 fully saturated rings. The maximum absolute atomic E-state index is 13.6. The van der Waals surface area contributed by atoms with Crippen LogP contribution in [0.2, 0.25) is 5.02 Å². The van der Waals surface area contributed by atoms with Gasteiger partial charge in [0.15, 0.2) is 0 Å². The monoisotopic (exact) mass is 581 g/mol. The Morgan fingerprint density at radius 1 is 1.23 bits per heavy atom. The van der Waals surface area contributed by atoms with Crippen LogP contribution in [0.25, 0.3) is 0 Å². The van der Waals surface area contributed by atoms with Crippen molar-refractivity contribution in [2.75, 3.05) is 11.9 Å². The third-order valence-corrected chi connectivity index (χ3v) is 8.55. The average Bonchev–Trinajstić information content (AvgIpc) is 3.14. The number of piperidine rings is 1. The van der Waals surface area contributed by atoms with Crippen molar-refractivity contribution in [3.63, 3.8) is 0 Å². The molecular weight excluding hydrogens is 551 g/mol. The summed E-state index contributed by atoms with van der Waals surface area (Å²) in [6.45, 7) is 8.54. The first-order chi connectivity index (χ1) is 18.4. The highest BCUT2D eigenvalue weighted by atomic mass is 35.5. The van der Waals surface area contributed by atoms with Crippen molar-refractivity contribution in [2.24, 2.45) is 22.7 Å². The van der Waals surface area contributed by atoms with Gasteiger partial charge in [0.1, 0.15) is 18.1 Å². The highest BCUT2D eigenvalue weighted by Gasteiger charge is 2.70. The summed E-state index contributed by atoms with van der Waals surface area (Å²) in [5.41, 5.74) is -0.247. The van der Waals surface area contributed by atoms with Gasteiger partial charge in [-0.2, -0.15) is 18.4 Å². The van der Waals surface area contributed by atoms with Crippen LogP contribution in [0.15, 0.2) is 18.2 Å². The van der Waals surface area contributed by atoms with Gasteiger partial charge >= 0.3 is 12.1 Å². The van der Waals surface area contributed by atoms with E-state index in [1.165, 1.54) is 25.7 Å². The number of amides is 4. The van der Waals surface area contributed by atoms with E-state index in [0.717, 1.165) is 0 Å². The fourth-order valence-corrected chi connectivity index (χ4v) is 6.19. The zero-order valence-corrected chi connectivity index (χ0v) is 23.4. The lowest BCUT2D eigenvalue weighted by molar-refractivity contribution is -0.176. The second kappa shape index (κ2) is 9.94. The predicted molar refractivity (Wildman–Crippen MR) is 139 cm³/mol. The summed E-state index contributed by atoms with van der Waals surface area (Å²) in [7, 11) is 0. The topological polar surface area (TPSA) is 131 Å². The number of hydrogen-bond acceptors (Lipinski definition) is 5. The number of nitrogens with zero attached hydrogens (tertiary/aromatic N) is 2. The van der Waals surface area contributed by atoms with Crippen LogP contribution in [0.1, 0.15) is 52.5 Å². The summed E-state index contributed by atoms with van der Waals surface area (Å²) in [6.07, 6.45) is -5.24. The molecular formula is C27H31ClF3N5O4. The number of alkyl halides is 3. The number of benzene rings is 1. The Labute approximate surface area is 234 Å². The summed E-state index contributed by atoms with van der Waals surface area (Å²) >= 11 is 6.08. The van der Waals surface area contributed by atoms with Gasteiger partial charge in [0.25, 0.3) is 0 Å². The van der Waals surface area contributed by atoms with E-state index >= 15 is 0 Å². The third-order valence-electron chi connectivity index (χ3n) is 8.31. The van der Waals surface area contributed by atoms with Gasteiger partial charge in [0, 0.05) is 17.3 Å². The summed E-state index contributed by atoms with van der Waals surface area (Å²) in [4.78, 5) is 52.8. The zero-order valence-electron chi connectivity index (χ0n) is 22.6. The standard InChI is InChI=1S/C27H31ClF3N5O4/c1-25(2,3)20(35-24(40)27(29,30)31)23(39)36-11-16-18(26(16,4)5)19(36)22(38)33-13(10-32)9-15-14-8-12(28)6-7-17(14)34-21(15)37/h6-8,13,15-16,18-20H,9,11H2,1-5H3,(H,33,38)(H,34,37)(H,35,40)/t13-,15?,16-,18?,19-,20?/m0/s1. The van der Waals surface area contributed by atoms with Gasteiger partial charge in [-0.05, 0) is 52.8 Å². The summed E-state index contributed by atoms with van der Waals surface area (Å²) in [6, 6.07) is 3.18. The van der Waals surface area contributed by atoms with Gasteiger partial charge in [-0.15, -0.1) is 0 Å². The fourth-order valence-electron chi connectivity index (χ4n) is 6.01. The Morgan fingerprint density at radius 3 is 2.45 bits per heavy atom. The molecule has 13 heteroatoms. The minimum Gasteiger partial charge on any atom is -0.339 e. The zero-order chi connectivity index (χ0) is 29.9. The number of rotatable bonds is 6. The molecule has 0 bridgehead atoms. The van der Waals surface area contributed by atoms with E-state index in [4.69, 9.17) is 11.6 Å². The molecule has 9 nitrogen and oxygen atoms in total. The minimum absolute atomic E-state index is 0.0498. The molecule has 0 spiro atoms. The van der Waals surface area contributed by atoms with Crippen molar-refractivity contribution in [1.29, 1.82) is 5.26 Å². The van der Waals surface area contributed by atoms with E-state index < -0.39 is 53.4 Å². The molecule has 0 radical (unpaired) electrons. The molecule has 3 aliphatic rings. The van der Waals surface area contributed by atoms with E-state index in [1.54, 1.807) is 18.2 Å². The summed E-state index contributed by atoms with van der Waals surface area (Å²) < 4.78 is 39.1. The van der Waals surface area contributed by atoms with Crippen LogP contribution < -0.4 is 16.0 Å². The predicted octanol–water partition coefficient (Wildman–Crippen LogP) is 3.35. The number of carbonyl (C=O) groups is 4. The molecule has 40 heavy (non-hydrogen) atoms. The van der Waals surface area contributed by atoms with Crippen LogP contribution in [0, 0.1) is 34.0 Å². The van der Waals surface area contributed by atoms with Crippen molar-refractivity contribution in [3.05, 3.63) is 28.8 Å². The van der Waals surface area contributed by atoms with Gasteiger partial charge in [-0.1, -0.05) is 46.2 Å². The van der Waals surface area contributed by atoms with Crippen molar-refractivity contribution < 1.29 is 32.3 Å². The van der Waals surface area contributed by atoms with Crippen LogP contribution in [-0.2, 0) is 19.2 Å². The largest absolute Gasteiger partial charge is 0.471 e. The molecule has 1 aromatic rings. The van der Waals surface area contributed by atoms with Crippen molar-refractivity contribution >= 4 is 40.9 Å². The van der Waals surface area contributed by atoms with Crippen LogP contribution in [0.3, 0.4) is 0 Å². The van der Waals surface area contributed by atoms with Crippen LogP contribution in [0.4, 0.5) is 18.9 Å². The fraction of sp³-hybridized carbons (Fsp3) is 0.593. The normalized spacial score (nSPS) is 26.1. The number of halogens is 4. The van der Waals surface area contributed by atoms with Gasteiger partial charge in [-0.25, -0.2) is 0 Å². The molecule has 3 unspecified atom stereocenters. The first-order valence-electron chi connectivity index (χ1n) is 12.9. The van der Waals surface area contributed by atoms with Gasteiger partial charge in [-0.3, -0.25) is 19.2 Å². The Balaban J connectivity index is 1.55. The lowest BCUT2D eigenvalue weighted by Gasteiger charge is -2.37. The van der Waals surface area contributed by atoms with Crippen molar-refractivity contribution in [3.8, 4) is 6.07 Å². The number of anilines is 1. The van der Waals surface area contributed by atoms with Gasteiger partial charge < -0.3 is 20.9 Å². The maximum Gasteiger partial charge on any atom is 0.471 e. The summed E-state index contributed by atoms with van der Waals surface area (Å²) in [5.74, 6) is -5.15. The molecule has 1 aliphatic carbocycles. The SMILES string of the molecule is CC(C)(C)C(NC(=O)C(F)(F)F)C(=O)N1C[C@H]2C([C@H]1C(=O)N[C@H](C#N)CC1C(=O)Nc3ccc(Cl)cc31)C2(C)C. The van der Waals surface area contributed by atoms with Gasteiger partial charge in [0.05, 0.1) is 12.0 Å². The molecule has 216 valence electrons. The molecule has 3 N–H and O–H groups in total. The number of likely N-dealkylation sites (tertiary alicyclic amines) is 1. The lowest BCUT2D eigenvalue weighted by Crippen LogP contribution is -2.61. The lowest BCUT2D eigenvalue weighted by atomic mass is 9.85. The molecule has 1 saturated heterocycles. The molecule has 4 rings (SSSR count). The first kappa shape index (κ1) is 29.6. The van der Waals surface area contributed by atoms with Crippen LogP contribution in [0.5, 0.6) is 0 Å². The van der Waals surface area contributed by atoms with E-state index in [1.807, 2.05) is 25.2 Å². The number of carbonyl (C=O) groups excluding carboxylic acids is 4. The molecule has 1 saturated carbocycles. The maximum atomic E-state index is 13.6. The Morgan fingerprint density at radius 2 is 1.88 bits per heavy atom. The minimum atomic E-state index is -5.19. The van der Waals surface area contributed by atoms with Crippen molar-refractivity contribution in [1.82, 2.24) is 15.5 Å². The van der Waals surface area contributed by atoms with Crippen LogP contribution >= 0.6 is 11.6 Å². The molecule has 2 heterocycles. The highest BCUT2D eigenvalue weighted by molar-refractivity contribution is 6.31. The second-order valence-corrected chi connectivity index (χ2v) is 12.8. The van der Waals surface area contributed by atoms with Crippen molar-refractivity contribution in [2.45, 2.75) is 71.3 Å². The average molecular weight is 582 g/mol. The van der Waals surface area contributed by atoms with E-state index in [0.29, 0.717) is 16.3 Å². The number of nitriles is 1. The quantitative estimate of drug-likeness (QED) is 0.474. The molecule has 4 amide bonds. The highest BCUT2D eigenvalue weighted by Crippen LogP contribution is 2.65. The Kier molecular flexibility index (Phi) is 7.37. The first-order valence-corrected chi connectivity index (χ1v) is 13.2. The van der Waals surface area contributed by atoms with Crippen LogP contribution in [-0.4, -0.2) is 59.4 Å². The second-order valence-electron chi connectivity index (χ2n) is 12.4. The number of fused-ring (bicyclic) bond motifs is 2. The number of nitrogens with one attached hydrogen (secondary N) is 3. The van der Waals surface area contributed by atoms with E-state index in [9.17, 15) is 37.6 Å². The van der Waals surface area contributed by atoms with E-state index in [2.05, 4.69) is 10.6 Å². The third kappa shape index (κ3) is 5.36.